The molecule has 2 aromatic carbocycles. The summed E-state index contributed by atoms with van der Waals surface area (Å²) < 4.78 is 0. The fourth-order valence-corrected chi connectivity index (χ4v) is 5.68. The van der Waals surface area contributed by atoms with Crippen LogP contribution in [0.4, 0.5) is 11.4 Å². The molecule has 0 N–H and O–H groups in total. The number of para-hydroxylation sites is 1. The Morgan fingerprint density at radius 1 is 0.971 bits per heavy atom. The quantitative estimate of drug-likeness (QED) is 0.299. The highest BCUT2D eigenvalue weighted by atomic mass is 16.6. The van der Waals surface area contributed by atoms with Crippen LogP contribution in [-0.4, -0.2) is 45.0 Å². The van der Waals surface area contributed by atoms with Crippen LogP contribution < -0.4 is 4.90 Å². The fraction of sp³-hybridized carbons (Fsp3) is 0.346. The van der Waals surface area contributed by atoms with E-state index in [1.165, 1.54) is 29.2 Å². The molecule has 3 heterocycles. The van der Waals surface area contributed by atoms with Gasteiger partial charge in [-0.3, -0.25) is 29.4 Å². The Balaban J connectivity index is 1.67. The van der Waals surface area contributed by atoms with Crippen LogP contribution in [-0.2, 0) is 9.59 Å². The second-order valence-electron chi connectivity index (χ2n) is 10.1. The van der Waals surface area contributed by atoms with Crippen molar-refractivity contribution in [3.63, 3.8) is 0 Å². The molecule has 0 unspecified atom stereocenters. The van der Waals surface area contributed by atoms with E-state index in [1.807, 2.05) is 62.9 Å². The summed E-state index contributed by atoms with van der Waals surface area (Å²) in [5.74, 6) is -2.45. The van der Waals surface area contributed by atoms with Crippen LogP contribution in [0.3, 0.4) is 0 Å². The van der Waals surface area contributed by atoms with E-state index in [2.05, 4.69) is 0 Å². The number of carbonyl (C=O) groups excluding carboxylic acids is 3. The molecule has 5 rings (SSSR count). The Morgan fingerprint density at radius 2 is 1.59 bits per heavy atom. The number of likely N-dealkylation sites (tertiary alicyclic amines) is 1. The minimum absolute atomic E-state index is 0.119. The molecule has 0 bridgehead atoms. The largest absolute Gasteiger partial charge is 0.352 e. The Labute approximate surface area is 197 Å². The number of allylic oxidation sites excluding steroid dienone is 1. The summed E-state index contributed by atoms with van der Waals surface area (Å²) in [4.78, 5) is 55.0. The average molecular weight is 460 g/mol. The van der Waals surface area contributed by atoms with Crippen LogP contribution in [0.2, 0.25) is 0 Å². The lowest BCUT2D eigenvalue weighted by molar-refractivity contribution is -0.384. The van der Waals surface area contributed by atoms with Gasteiger partial charge in [0.2, 0.25) is 11.8 Å². The number of non-ortho nitro benzene ring substituents is 1. The molecule has 0 aliphatic carbocycles. The molecule has 2 fully saturated rings. The third-order valence-electron chi connectivity index (χ3n) is 7.06. The zero-order chi connectivity index (χ0) is 24.5. The lowest BCUT2D eigenvalue weighted by Gasteiger charge is -2.39. The number of rotatable bonds is 3. The summed E-state index contributed by atoms with van der Waals surface area (Å²) in [6, 6.07) is 11.7. The smallest absolute Gasteiger partial charge is 0.269 e. The van der Waals surface area contributed by atoms with E-state index >= 15 is 0 Å². The van der Waals surface area contributed by atoms with Crippen molar-refractivity contribution in [3.8, 4) is 0 Å². The normalized spacial score (nSPS) is 25.6. The lowest BCUT2D eigenvalue weighted by atomic mass is 9.85. The van der Waals surface area contributed by atoms with Crippen molar-refractivity contribution in [2.75, 3.05) is 4.90 Å². The molecule has 0 aromatic heterocycles. The Morgan fingerprint density at radius 3 is 2.21 bits per heavy atom. The molecule has 3 aliphatic heterocycles. The molecular formula is C26H25N3O5. The van der Waals surface area contributed by atoms with Gasteiger partial charge in [0.05, 0.1) is 22.8 Å². The highest BCUT2D eigenvalue weighted by Gasteiger charge is 2.65. The Kier molecular flexibility index (Phi) is 4.76. The highest BCUT2D eigenvalue weighted by molar-refractivity contribution is 6.14. The van der Waals surface area contributed by atoms with E-state index in [4.69, 9.17) is 0 Å². The molecule has 0 radical (unpaired) electrons. The van der Waals surface area contributed by atoms with Gasteiger partial charge in [0, 0.05) is 34.5 Å². The molecule has 0 spiro atoms. The van der Waals surface area contributed by atoms with E-state index in [1.54, 1.807) is 0 Å². The van der Waals surface area contributed by atoms with Crippen molar-refractivity contribution in [1.82, 2.24) is 4.90 Å². The van der Waals surface area contributed by atoms with Crippen molar-refractivity contribution in [2.45, 2.75) is 45.3 Å². The van der Waals surface area contributed by atoms with Gasteiger partial charge < -0.3 is 4.90 Å². The Bertz CT molecular complexity index is 1270. The zero-order valence-corrected chi connectivity index (χ0v) is 19.4. The van der Waals surface area contributed by atoms with E-state index in [0.717, 1.165) is 16.8 Å². The number of hydrogen-bond acceptors (Lipinski definition) is 6. The predicted octanol–water partition coefficient (Wildman–Crippen LogP) is 3.85. The average Bonchev–Trinajstić information content (AvgIpc) is 3.26. The van der Waals surface area contributed by atoms with Gasteiger partial charge in [0.25, 0.3) is 5.69 Å². The van der Waals surface area contributed by atoms with Gasteiger partial charge in [-0.15, -0.1) is 0 Å². The van der Waals surface area contributed by atoms with E-state index in [0.29, 0.717) is 0 Å². The van der Waals surface area contributed by atoms with E-state index in [-0.39, 0.29) is 28.8 Å². The van der Waals surface area contributed by atoms with Crippen LogP contribution in [0.1, 0.15) is 43.6 Å². The molecule has 2 saturated heterocycles. The SMILES string of the molecule is CC1=C[C@@H]2[C@@H]3C(=O)N(C(C)(C)C)C(=O)[C@@H]3[C@H](C(=O)c3ccc([N+](=O)[O-])cc3)N2c2ccccc21. The number of nitro benzene ring substituents is 1. The first-order valence-corrected chi connectivity index (χ1v) is 11.2. The number of benzene rings is 2. The van der Waals surface area contributed by atoms with Crippen molar-refractivity contribution in [2.24, 2.45) is 11.8 Å². The first-order chi connectivity index (χ1) is 16.0. The molecule has 8 nitrogen and oxygen atoms in total. The fourth-order valence-electron chi connectivity index (χ4n) is 5.68. The minimum Gasteiger partial charge on any atom is -0.352 e. The zero-order valence-electron chi connectivity index (χ0n) is 19.4. The topological polar surface area (TPSA) is 101 Å². The monoisotopic (exact) mass is 459 g/mol. The number of amides is 2. The third kappa shape index (κ3) is 3.01. The molecular weight excluding hydrogens is 434 g/mol. The highest BCUT2D eigenvalue weighted by Crippen LogP contribution is 2.51. The van der Waals surface area contributed by atoms with E-state index < -0.39 is 34.4 Å². The van der Waals surface area contributed by atoms with Crippen molar-refractivity contribution in [3.05, 3.63) is 75.8 Å². The van der Waals surface area contributed by atoms with Crippen molar-refractivity contribution in [1.29, 1.82) is 0 Å². The number of anilines is 1. The van der Waals surface area contributed by atoms with Gasteiger partial charge in [0.15, 0.2) is 5.78 Å². The molecule has 174 valence electrons. The number of Topliss-reactive ketones (excluding diaryl/α,β-unsaturated/α-hetero) is 1. The van der Waals surface area contributed by atoms with Gasteiger partial charge in [-0.2, -0.15) is 0 Å². The molecule has 8 heteroatoms. The predicted molar refractivity (Wildman–Crippen MR) is 126 cm³/mol. The number of hydrogen-bond donors (Lipinski definition) is 0. The maximum atomic E-state index is 13.9. The van der Waals surface area contributed by atoms with Crippen molar-refractivity contribution < 1.29 is 19.3 Å². The Hall–Kier alpha value is -3.81. The molecule has 3 aliphatic rings. The summed E-state index contributed by atoms with van der Waals surface area (Å²) >= 11 is 0. The second kappa shape index (κ2) is 7.35. The maximum absolute atomic E-state index is 13.9. The van der Waals surface area contributed by atoms with Gasteiger partial charge in [-0.25, -0.2) is 0 Å². The van der Waals surface area contributed by atoms with Gasteiger partial charge >= 0.3 is 0 Å². The molecule has 2 aromatic rings. The summed E-state index contributed by atoms with van der Waals surface area (Å²) in [7, 11) is 0. The molecule has 4 atom stereocenters. The second-order valence-corrected chi connectivity index (χ2v) is 10.1. The van der Waals surface area contributed by atoms with Crippen LogP contribution in [0.25, 0.3) is 5.57 Å². The third-order valence-corrected chi connectivity index (χ3v) is 7.06. The molecule has 34 heavy (non-hydrogen) atoms. The molecule has 0 saturated carbocycles. The first-order valence-electron chi connectivity index (χ1n) is 11.2. The number of fused-ring (bicyclic) bond motifs is 5. The van der Waals surface area contributed by atoms with Crippen LogP contribution in [0, 0.1) is 22.0 Å². The summed E-state index contributed by atoms with van der Waals surface area (Å²) in [6.07, 6.45) is 1.99. The first kappa shape index (κ1) is 22.0. The minimum atomic E-state index is -0.897. The number of carbonyl (C=O) groups is 3. The summed E-state index contributed by atoms with van der Waals surface area (Å²) in [5.41, 5.74) is 2.20. The van der Waals surface area contributed by atoms with Gasteiger partial charge in [-0.05, 0) is 51.5 Å². The van der Waals surface area contributed by atoms with Gasteiger partial charge in [0.1, 0.15) is 6.04 Å². The molecule has 2 amide bonds. The van der Waals surface area contributed by atoms with Crippen LogP contribution in [0.5, 0.6) is 0 Å². The standard InChI is InChI=1S/C26H25N3O5/c1-14-13-19-20-21(25(32)28(24(20)31)26(2,3)4)22(27(19)18-8-6-5-7-17(14)18)23(30)15-9-11-16(12-10-15)29(33)34/h5-13,19-22H,1-4H3/t19-,20+,21+,22-/m1/s1. The van der Waals surface area contributed by atoms with Crippen molar-refractivity contribution >= 4 is 34.5 Å². The summed E-state index contributed by atoms with van der Waals surface area (Å²) in [5, 5.41) is 11.1. The van der Waals surface area contributed by atoms with Gasteiger partial charge in [-0.1, -0.05) is 24.3 Å². The maximum Gasteiger partial charge on any atom is 0.269 e. The number of ketones is 1. The summed E-state index contributed by atoms with van der Waals surface area (Å²) in [6.45, 7) is 7.41. The van der Waals surface area contributed by atoms with Crippen LogP contribution >= 0.6 is 0 Å². The van der Waals surface area contributed by atoms with E-state index in [9.17, 15) is 24.5 Å². The number of nitrogens with zero attached hydrogens (tertiary/aromatic N) is 3. The number of imide groups is 1. The van der Waals surface area contributed by atoms with Crippen LogP contribution in [0.15, 0.2) is 54.6 Å². The lowest BCUT2D eigenvalue weighted by Crippen LogP contribution is -2.52. The number of nitro groups is 1.